The third-order valence-corrected chi connectivity index (χ3v) is 5.12. The average Bonchev–Trinajstić information content (AvgIpc) is 3.05. The minimum atomic E-state index is 0.122. The van der Waals surface area contributed by atoms with Crippen LogP contribution in [0.5, 0.6) is 5.88 Å². The van der Waals surface area contributed by atoms with Crippen molar-refractivity contribution < 1.29 is 5.11 Å². The molecule has 2 heterocycles. The molecule has 0 atom stereocenters. The van der Waals surface area contributed by atoms with Crippen LogP contribution in [0.15, 0.2) is 71.2 Å². The standard InChI is InChI=1S/C21H18BrN3O/c22-19-9-5-4-8-16(19)10-11-17-14-21(26)25-20(23-17)13-18(24-25)12-15-6-2-1-3-7-15/h1-9,13-14,26H,10-12H2. The highest BCUT2D eigenvalue weighted by molar-refractivity contribution is 9.10. The number of aryl methyl sites for hydroxylation is 2. The van der Waals surface area contributed by atoms with Gasteiger partial charge in [-0.1, -0.05) is 64.5 Å². The van der Waals surface area contributed by atoms with Crippen LogP contribution in [0.3, 0.4) is 0 Å². The van der Waals surface area contributed by atoms with Crippen LogP contribution in [0, 0.1) is 0 Å². The fourth-order valence-electron chi connectivity index (χ4n) is 3.04. The number of nitrogens with zero attached hydrogens (tertiary/aromatic N) is 3. The van der Waals surface area contributed by atoms with E-state index in [0.717, 1.165) is 35.1 Å². The Bertz CT molecular complexity index is 1040. The summed E-state index contributed by atoms with van der Waals surface area (Å²) in [7, 11) is 0. The molecule has 0 unspecified atom stereocenters. The molecule has 0 radical (unpaired) electrons. The van der Waals surface area contributed by atoms with Gasteiger partial charge in [-0.05, 0) is 30.0 Å². The lowest BCUT2D eigenvalue weighted by atomic mass is 10.1. The Morgan fingerprint density at radius 1 is 0.885 bits per heavy atom. The van der Waals surface area contributed by atoms with Crippen molar-refractivity contribution in [1.29, 1.82) is 0 Å². The Hall–Kier alpha value is -2.66. The highest BCUT2D eigenvalue weighted by Gasteiger charge is 2.10. The Morgan fingerprint density at radius 2 is 1.65 bits per heavy atom. The fourth-order valence-corrected chi connectivity index (χ4v) is 3.52. The van der Waals surface area contributed by atoms with Gasteiger partial charge in [0.25, 0.3) is 0 Å². The average molecular weight is 408 g/mol. The Morgan fingerprint density at radius 3 is 2.46 bits per heavy atom. The molecule has 26 heavy (non-hydrogen) atoms. The van der Waals surface area contributed by atoms with Crippen LogP contribution >= 0.6 is 15.9 Å². The summed E-state index contributed by atoms with van der Waals surface area (Å²) >= 11 is 3.58. The second kappa shape index (κ2) is 7.30. The van der Waals surface area contributed by atoms with E-state index in [1.165, 1.54) is 15.6 Å². The second-order valence-corrected chi connectivity index (χ2v) is 7.12. The van der Waals surface area contributed by atoms with Gasteiger partial charge >= 0.3 is 0 Å². The van der Waals surface area contributed by atoms with Gasteiger partial charge in [0.15, 0.2) is 5.65 Å². The summed E-state index contributed by atoms with van der Waals surface area (Å²) in [6, 6.07) is 22.0. The number of rotatable bonds is 5. The normalized spacial score (nSPS) is 11.1. The van der Waals surface area contributed by atoms with E-state index >= 15 is 0 Å². The van der Waals surface area contributed by atoms with Crippen molar-refractivity contribution >= 4 is 21.6 Å². The number of hydrogen-bond acceptors (Lipinski definition) is 3. The molecule has 4 rings (SSSR count). The predicted octanol–water partition coefficient (Wildman–Crippen LogP) is 4.57. The summed E-state index contributed by atoms with van der Waals surface area (Å²) in [6.45, 7) is 0. The van der Waals surface area contributed by atoms with Crippen LogP contribution in [0.1, 0.15) is 22.5 Å². The molecule has 4 nitrogen and oxygen atoms in total. The molecular weight excluding hydrogens is 390 g/mol. The van der Waals surface area contributed by atoms with E-state index in [4.69, 9.17) is 0 Å². The lowest BCUT2D eigenvalue weighted by Crippen LogP contribution is -1.99. The van der Waals surface area contributed by atoms with Gasteiger partial charge in [0.1, 0.15) is 0 Å². The minimum absolute atomic E-state index is 0.122. The molecule has 5 heteroatoms. The molecule has 0 spiro atoms. The van der Waals surface area contributed by atoms with Gasteiger partial charge in [0, 0.05) is 28.7 Å². The van der Waals surface area contributed by atoms with Crippen molar-refractivity contribution in [2.24, 2.45) is 0 Å². The SMILES string of the molecule is Oc1cc(CCc2ccccc2Br)nc2cc(Cc3ccccc3)nn12. The van der Waals surface area contributed by atoms with Crippen molar-refractivity contribution in [2.45, 2.75) is 19.3 Å². The van der Waals surface area contributed by atoms with Crippen LogP contribution in [0.2, 0.25) is 0 Å². The monoisotopic (exact) mass is 407 g/mol. The summed E-state index contributed by atoms with van der Waals surface area (Å²) in [5.41, 5.74) is 4.84. The van der Waals surface area contributed by atoms with Gasteiger partial charge in [0.2, 0.25) is 5.88 Å². The largest absolute Gasteiger partial charge is 0.493 e. The number of benzene rings is 2. The molecule has 0 aliphatic carbocycles. The number of aromatic nitrogens is 3. The zero-order valence-corrected chi connectivity index (χ0v) is 15.7. The van der Waals surface area contributed by atoms with E-state index in [-0.39, 0.29) is 5.88 Å². The topological polar surface area (TPSA) is 50.4 Å². The van der Waals surface area contributed by atoms with Crippen LogP contribution in [0.4, 0.5) is 0 Å². The van der Waals surface area contributed by atoms with E-state index < -0.39 is 0 Å². The van der Waals surface area contributed by atoms with Crippen molar-refractivity contribution in [3.05, 3.63) is 93.7 Å². The van der Waals surface area contributed by atoms with Crippen molar-refractivity contribution in [3.8, 4) is 5.88 Å². The summed E-state index contributed by atoms with van der Waals surface area (Å²) in [6.07, 6.45) is 2.33. The van der Waals surface area contributed by atoms with Gasteiger partial charge in [0.05, 0.1) is 5.69 Å². The first kappa shape index (κ1) is 16.8. The molecule has 1 N–H and O–H groups in total. The quantitative estimate of drug-likeness (QED) is 0.526. The number of aromatic hydroxyl groups is 1. The number of hydrogen-bond donors (Lipinski definition) is 1. The minimum Gasteiger partial charge on any atom is -0.493 e. The first-order valence-electron chi connectivity index (χ1n) is 8.54. The lowest BCUT2D eigenvalue weighted by molar-refractivity contribution is 0.433. The molecule has 130 valence electrons. The van der Waals surface area contributed by atoms with Gasteiger partial charge in [-0.2, -0.15) is 9.61 Å². The summed E-state index contributed by atoms with van der Waals surface area (Å²) in [5.74, 6) is 0.122. The van der Waals surface area contributed by atoms with Gasteiger partial charge in [-0.25, -0.2) is 4.98 Å². The maximum atomic E-state index is 10.3. The van der Waals surface area contributed by atoms with Crippen molar-refractivity contribution in [1.82, 2.24) is 14.6 Å². The first-order valence-corrected chi connectivity index (χ1v) is 9.33. The molecule has 2 aromatic heterocycles. The lowest BCUT2D eigenvalue weighted by Gasteiger charge is -2.05. The highest BCUT2D eigenvalue weighted by Crippen LogP contribution is 2.20. The summed E-state index contributed by atoms with van der Waals surface area (Å²) in [5, 5.41) is 14.8. The smallest absolute Gasteiger partial charge is 0.215 e. The van der Waals surface area contributed by atoms with Gasteiger partial charge in [-0.3, -0.25) is 0 Å². The fraction of sp³-hybridized carbons (Fsp3) is 0.143. The van der Waals surface area contributed by atoms with Crippen molar-refractivity contribution in [3.63, 3.8) is 0 Å². The highest BCUT2D eigenvalue weighted by atomic mass is 79.9. The summed E-state index contributed by atoms with van der Waals surface area (Å²) in [4.78, 5) is 4.67. The molecule has 2 aromatic carbocycles. The third kappa shape index (κ3) is 3.63. The van der Waals surface area contributed by atoms with E-state index in [0.29, 0.717) is 5.65 Å². The maximum Gasteiger partial charge on any atom is 0.215 e. The van der Waals surface area contributed by atoms with Gasteiger partial charge in [-0.15, -0.1) is 0 Å². The summed E-state index contributed by atoms with van der Waals surface area (Å²) < 4.78 is 2.60. The van der Waals surface area contributed by atoms with Crippen LogP contribution < -0.4 is 0 Å². The molecule has 0 bridgehead atoms. The Balaban J connectivity index is 1.57. The molecule has 0 amide bonds. The van der Waals surface area contributed by atoms with E-state index in [2.05, 4.69) is 44.2 Å². The van der Waals surface area contributed by atoms with Gasteiger partial charge < -0.3 is 5.11 Å². The maximum absolute atomic E-state index is 10.3. The molecule has 0 saturated carbocycles. The van der Waals surface area contributed by atoms with E-state index in [1.807, 2.05) is 42.5 Å². The van der Waals surface area contributed by atoms with Crippen LogP contribution in [-0.2, 0) is 19.3 Å². The molecule has 0 aliphatic heterocycles. The molecule has 0 fully saturated rings. The van der Waals surface area contributed by atoms with Crippen LogP contribution in [-0.4, -0.2) is 19.7 Å². The molecular formula is C21H18BrN3O. The number of fused-ring (bicyclic) bond motifs is 1. The first-order chi connectivity index (χ1) is 12.7. The molecule has 0 aliphatic rings. The molecule has 0 saturated heterocycles. The Kier molecular flexibility index (Phi) is 4.71. The second-order valence-electron chi connectivity index (χ2n) is 6.27. The number of halogens is 1. The Labute approximate surface area is 160 Å². The molecule has 4 aromatic rings. The van der Waals surface area contributed by atoms with Crippen molar-refractivity contribution in [2.75, 3.05) is 0 Å². The van der Waals surface area contributed by atoms with E-state index in [9.17, 15) is 5.11 Å². The predicted molar refractivity (Wildman–Crippen MR) is 105 cm³/mol. The zero-order chi connectivity index (χ0) is 17.9. The van der Waals surface area contributed by atoms with Crippen LogP contribution in [0.25, 0.3) is 5.65 Å². The van der Waals surface area contributed by atoms with E-state index in [1.54, 1.807) is 6.07 Å². The zero-order valence-electron chi connectivity index (χ0n) is 14.1. The third-order valence-electron chi connectivity index (χ3n) is 4.35.